The molecule has 1 saturated heterocycles. The van der Waals surface area contributed by atoms with E-state index in [1.165, 1.54) is 25.2 Å². The number of likely N-dealkylation sites (N-methyl/N-ethyl adjacent to an activating group) is 1. The Morgan fingerprint density at radius 3 is 2.63 bits per heavy atom. The van der Waals surface area contributed by atoms with Crippen LogP contribution in [-0.4, -0.2) is 69.3 Å². The first-order valence-corrected chi connectivity index (χ1v) is 11.5. The van der Waals surface area contributed by atoms with E-state index in [-0.39, 0.29) is 20.8 Å². The van der Waals surface area contributed by atoms with Crippen molar-refractivity contribution < 1.29 is 27.1 Å². The van der Waals surface area contributed by atoms with E-state index in [0.717, 1.165) is 27.8 Å². The maximum atomic E-state index is 13.1. The number of thiophene rings is 1. The molecule has 162 valence electrons. The number of ether oxygens (including phenoxy) is 1. The molecule has 0 bridgehead atoms. The Labute approximate surface area is 182 Å². The topological polar surface area (TPSA) is 96.0 Å². The molecule has 30 heavy (non-hydrogen) atoms. The Kier molecular flexibility index (Phi) is 7.09. The van der Waals surface area contributed by atoms with Crippen LogP contribution in [0.3, 0.4) is 0 Å². The fourth-order valence-corrected chi connectivity index (χ4v) is 5.54. The predicted molar refractivity (Wildman–Crippen MR) is 111 cm³/mol. The molecule has 8 nitrogen and oxygen atoms in total. The Hall–Kier alpha value is -2.05. The molecule has 0 atom stereocenters. The Bertz CT molecular complexity index is 1050. The van der Waals surface area contributed by atoms with Crippen molar-refractivity contribution in [2.45, 2.75) is 4.21 Å². The van der Waals surface area contributed by atoms with Crippen molar-refractivity contribution in [1.82, 2.24) is 9.21 Å². The van der Waals surface area contributed by atoms with Gasteiger partial charge in [0, 0.05) is 20.1 Å². The average molecular weight is 476 g/mol. The number of nitrogens with one attached hydrogen (secondary N) is 1. The van der Waals surface area contributed by atoms with Gasteiger partial charge in [-0.15, -0.1) is 11.3 Å². The van der Waals surface area contributed by atoms with E-state index in [9.17, 15) is 22.4 Å². The van der Waals surface area contributed by atoms with E-state index in [1.54, 1.807) is 4.90 Å². The fraction of sp³-hybridized carbons (Fsp3) is 0.333. The van der Waals surface area contributed by atoms with Crippen LogP contribution in [0.25, 0.3) is 0 Å². The number of benzene rings is 1. The lowest BCUT2D eigenvalue weighted by atomic mass is 10.3. The molecule has 1 aromatic heterocycles. The summed E-state index contributed by atoms with van der Waals surface area (Å²) < 4.78 is 44.7. The van der Waals surface area contributed by atoms with Gasteiger partial charge in [-0.1, -0.05) is 11.6 Å². The van der Waals surface area contributed by atoms with Gasteiger partial charge in [-0.3, -0.25) is 9.59 Å². The van der Waals surface area contributed by atoms with Crippen LogP contribution in [-0.2, 0) is 19.6 Å². The number of carbonyl (C=O) groups is 2. The third-order valence-corrected chi connectivity index (χ3v) is 7.98. The highest BCUT2D eigenvalue weighted by atomic mass is 35.5. The summed E-state index contributed by atoms with van der Waals surface area (Å²) in [6.07, 6.45) is 0. The zero-order valence-corrected chi connectivity index (χ0v) is 18.3. The molecular formula is C18H19ClFN3O5S2. The third kappa shape index (κ3) is 5.16. The molecule has 1 aromatic carbocycles. The second-order valence-corrected chi connectivity index (χ2v) is 10.2. The standard InChI is InChI=1S/C18H19ClFN3O5S2/c1-22(11-16(24)21-14-3-2-12(20)10-13(14)19)30(26,27)17-5-4-15(29-17)18(25)23-6-8-28-9-7-23/h2-5,10H,6-9,11H2,1H3,(H,21,24). The Morgan fingerprint density at radius 2 is 1.97 bits per heavy atom. The number of hydrogen-bond acceptors (Lipinski definition) is 6. The van der Waals surface area contributed by atoms with Crippen LogP contribution in [0, 0.1) is 5.82 Å². The van der Waals surface area contributed by atoms with Gasteiger partial charge in [-0.25, -0.2) is 12.8 Å². The number of halogens is 2. The molecule has 0 saturated carbocycles. The molecule has 2 heterocycles. The summed E-state index contributed by atoms with van der Waals surface area (Å²) in [6, 6.07) is 6.25. The number of nitrogens with zero attached hydrogens (tertiary/aromatic N) is 2. The molecule has 0 aliphatic carbocycles. The number of rotatable bonds is 6. The largest absolute Gasteiger partial charge is 0.378 e. The van der Waals surface area contributed by atoms with Gasteiger partial charge >= 0.3 is 0 Å². The van der Waals surface area contributed by atoms with Crippen LogP contribution in [0.1, 0.15) is 9.67 Å². The predicted octanol–water partition coefficient (Wildman–Crippen LogP) is 2.27. The zero-order chi connectivity index (χ0) is 21.9. The second-order valence-electron chi connectivity index (χ2n) is 6.46. The Balaban J connectivity index is 1.66. The van der Waals surface area contributed by atoms with Crippen LogP contribution < -0.4 is 5.32 Å². The van der Waals surface area contributed by atoms with Gasteiger partial charge in [0.05, 0.1) is 35.3 Å². The van der Waals surface area contributed by atoms with E-state index in [4.69, 9.17) is 16.3 Å². The molecule has 0 spiro atoms. The lowest BCUT2D eigenvalue weighted by Gasteiger charge is -2.26. The van der Waals surface area contributed by atoms with Crippen LogP contribution >= 0.6 is 22.9 Å². The van der Waals surface area contributed by atoms with Crippen molar-refractivity contribution in [2.75, 3.05) is 45.2 Å². The van der Waals surface area contributed by atoms with Gasteiger partial charge in [0.25, 0.3) is 15.9 Å². The van der Waals surface area contributed by atoms with Gasteiger partial charge in [-0.2, -0.15) is 4.31 Å². The maximum absolute atomic E-state index is 13.1. The highest BCUT2D eigenvalue weighted by molar-refractivity contribution is 7.91. The Morgan fingerprint density at radius 1 is 1.27 bits per heavy atom. The van der Waals surface area contributed by atoms with Crippen LogP contribution in [0.2, 0.25) is 5.02 Å². The lowest BCUT2D eigenvalue weighted by Crippen LogP contribution is -2.40. The first-order chi connectivity index (χ1) is 14.2. The van der Waals surface area contributed by atoms with Crippen molar-refractivity contribution in [1.29, 1.82) is 0 Å². The molecule has 2 amide bonds. The molecule has 12 heteroatoms. The summed E-state index contributed by atoms with van der Waals surface area (Å²) in [4.78, 5) is 26.6. The molecule has 1 N–H and O–H groups in total. The number of carbonyl (C=O) groups excluding carboxylic acids is 2. The summed E-state index contributed by atoms with van der Waals surface area (Å²) in [6.45, 7) is 1.30. The second kappa shape index (κ2) is 9.40. The number of anilines is 1. The van der Waals surface area contributed by atoms with Crippen LogP contribution in [0.5, 0.6) is 0 Å². The first-order valence-electron chi connectivity index (χ1n) is 8.86. The van der Waals surface area contributed by atoms with Gasteiger partial charge in [0.15, 0.2) is 0 Å². The van der Waals surface area contributed by atoms with Crippen molar-refractivity contribution in [3.63, 3.8) is 0 Å². The van der Waals surface area contributed by atoms with Gasteiger partial charge in [0.1, 0.15) is 10.0 Å². The minimum Gasteiger partial charge on any atom is -0.378 e. The summed E-state index contributed by atoms with van der Waals surface area (Å²) in [7, 11) is -2.73. The highest BCUT2D eigenvalue weighted by Gasteiger charge is 2.27. The van der Waals surface area contributed by atoms with Crippen molar-refractivity contribution in [3.05, 3.63) is 46.0 Å². The quantitative estimate of drug-likeness (QED) is 0.691. The fourth-order valence-electron chi connectivity index (χ4n) is 2.72. The SMILES string of the molecule is CN(CC(=O)Nc1ccc(F)cc1Cl)S(=O)(=O)c1ccc(C(=O)N2CCOCC2)s1. The minimum atomic E-state index is -3.98. The van der Waals surface area contributed by atoms with Crippen molar-refractivity contribution in [3.8, 4) is 0 Å². The number of morpholine rings is 1. The van der Waals surface area contributed by atoms with Gasteiger partial charge in [-0.05, 0) is 30.3 Å². The maximum Gasteiger partial charge on any atom is 0.264 e. The minimum absolute atomic E-state index is 0.00150. The van der Waals surface area contributed by atoms with E-state index in [2.05, 4.69) is 5.32 Å². The molecule has 1 aliphatic rings. The van der Waals surface area contributed by atoms with E-state index in [1.807, 2.05) is 0 Å². The van der Waals surface area contributed by atoms with Crippen molar-refractivity contribution in [2.24, 2.45) is 0 Å². The molecule has 2 aromatic rings. The highest BCUT2D eigenvalue weighted by Crippen LogP contribution is 2.26. The molecule has 0 radical (unpaired) electrons. The van der Waals surface area contributed by atoms with Gasteiger partial charge in [0.2, 0.25) is 5.91 Å². The zero-order valence-electron chi connectivity index (χ0n) is 15.9. The normalized spacial score (nSPS) is 14.7. The van der Waals surface area contributed by atoms with E-state index < -0.39 is 28.3 Å². The van der Waals surface area contributed by atoms with E-state index >= 15 is 0 Å². The molecule has 1 fully saturated rings. The summed E-state index contributed by atoms with van der Waals surface area (Å²) in [5.74, 6) is -1.45. The first kappa shape index (κ1) is 22.6. The summed E-state index contributed by atoms with van der Waals surface area (Å²) >= 11 is 6.71. The van der Waals surface area contributed by atoms with Crippen LogP contribution in [0.4, 0.5) is 10.1 Å². The molecule has 1 aliphatic heterocycles. The number of amides is 2. The molecule has 3 rings (SSSR count). The monoisotopic (exact) mass is 475 g/mol. The average Bonchev–Trinajstić information content (AvgIpc) is 3.21. The molecular weight excluding hydrogens is 457 g/mol. The van der Waals surface area contributed by atoms with E-state index in [0.29, 0.717) is 31.2 Å². The van der Waals surface area contributed by atoms with Crippen LogP contribution in [0.15, 0.2) is 34.5 Å². The van der Waals surface area contributed by atoms with Crippen molar-refractivity contribution >= 4 is 50.5 Å². The summed E-state index contributed by atoms with van der Waals surface area (Å²) in [5, 5.41) is 2.44. The smallest absolute Gasteiger partial charge is 0.264 e. The lowest BCUT2D eigenvalue weighted by molar-refractivity contribution is -0.116. The number of sulfonamides is 1. The van der Waals surface area contributed by atoms with Gasteiger partial charge < -0.3 is 15.0 Å². The number of hydrogen-bond donors (Lipinski definition) is 1. The molecule has 0 unspecified atom stereocenters. The third-order valence-electron chi connectivity index (χ3n) is 4.33. The summed E-state index contributed by atoms with van der Waals surface area (Å²) in [5.41, 5.74) is 0.170.